The Balaban J connectivity index is 0.000000291. The Morgan fingerprint density at radius 1 is 0.778 bits per heavy atom. The Morgan fingerprint density at radius 3 is 1.67 bits per heavy atom. The first-order valence-electron chi connectivity index (χ1n) is 3.48. The first-order chi connectivity index (χ1) is 4.50. The predicted octanol–water partition coefficient (Wildman–Crippen LogP) is 3.08. The molecule has 0 saturated heterocycles. The van der Waals surface area contributed by atoms with Crippen LogP contribution in [-0.2, 0) is 0 Å². The summed E-state index contributed by atoms with van der Waals surface area (Å²) in [4.78, 5) is 0. The second-order valence-corrected chi connectivity index (χ2v) is 1.48. The highest BCUT2D eigenvalue weighted by Gasteiger charge is 1.70. The van der Waals surface area contributed by atoms with Crippen LogP contribution in [0.1, 0.15) is 20.3 Å². The molecule has 0 aromatic heterocycles. The van der Waals surface area contributed by atoms with Gasteiger partial charge < -0.3 is 0 Å². The highest BCUT2D eigenvalue weighted by molar-refractivity contribution is 5.16. The van der Waals surface area contributed by atoms with Crippen molar-refractivity contribution in [1.29, 1.82) is 0 Å². The molecular formula is C9H14. The van der Waals surface area contributed by atoms with Crippen molar-refractivity contribution in [2.24, 2.45) is 0 Å². The van der Waals surface area contributed by atoms with E-state index in [2.05, 4.69) is 24.3 Å². The molecule has 50 valence electrons. The molecular weight excluding hydrogens is 108 g/mol. The van der Waals surface area contributed by atoms with Gasteiger partial charge in [-0.1, -0.05) is 50.3 Å². The largest absolute Gasteiger partial charge is 0.0807 e. The monoisotopic (exact) mass is 122 g/mol. The number of hydrogen-bond acceptors (Lipinski definition) is 0. The average molecular weight is 122 g/mol. The molecule has 0 N–H and O–H groups in total. The minimum atomic E-state index is 1.08. The van der Waals surface area contributed by atoms with Crippen LogP contribution in [0.3, 0.4) is 0 Å². The number of hydrogen-bond donors (Lipinski definition) is 0. The number of rotatable bonds is 0. The topological polar surface area (TPSA) is 0 Å². The lowest BCUT2D eigenvalue weighted by molar-refractivity contribution is 1.41. The highest BCUT2D eigenvalue weighted by atomic mass is 13.8. The molecule has 0 amide bonds. The van der Waals surface area contributed by atoms with Gasteiger partial charge in [0.25, 0.3) is 0 Å². The fourth-order valence-electron chi connectivity index (χ4n) is 0.521. The van der Waals surface area contributed by atoms with E-state index in [1.54, 1.807) is 0 Å². The molecule has 0 nitrogen and oxygen atoms in total. The van der Waals surface area contributed by atoms with Crippen LogP contribution in [-0.4, -0.2) is 0 Å². The molecule has 9 heavy (non-hydrogen) atoms. The Kier molecular flexibility index (Phi) is 6.59. The minimum Gasteiger partial charge on any atom is -0.0807 e. The molecule has 1 rings (SSSR count). The van der Waals surface area contributed by atoms with Crippen LogP contribution >= 0.6 is 0 Å². The van der Waals surface area contributed by atoms with Crippen molar-refractivity contribution in [3.8, 4) is 0 Å². The molecule has 1 aliphatic rings. The predicted molar refractivity (Wildman–Crippen MR) is 43.4 cm³/mol. The molecule has 0 atom stereocenters. The summed E-state index contributed by atoms with van der Waals surface area (Å²) in [7, 11) is 0. The van der Waals surface area contributed by atoms with E-state index in [1.807, 2.05) is 26.0 Å². The van der Waals surface area contributed by atoms with Gasteiger partial charge in [0.2, 0.25) is 0 Å². The molecule has 0 heteroatoms. The van der Waals surface area contributed by atoms with Crippen molar-refractivity contribution in [1.82, 2.24) is 0 Å². The van der Waals surface area contributed by atoms with Gasteiger partial charge in [-0.15, -0.1) is 0 Å². The van der Waals surface area contributed by atoms with Crippen LogP contribution < -0.4 is 0 Å². The lowest BCUT2D eigenvalue weighted by Crippen LogP contribution is -1.48. The zero-order valence-electron chi connectivity index (χ0n) is 6.17. The van der Waals surface area contributed by atoms with Crippen molar-refractivity contribution in [2.45, 2.75) is 20.3 Å². The van der Waals surface area contributed by atoms with Crippen molar-refractivity contribution < 1.29 is 0 Å². The highest BCUT2D eigenvalue weighted by Crippen LogP contribution is 1.91. The fraction of sp³-hybridized carbons (Fsp3) is 0.333. The second kappa shape index (κ2) is 7.22. The Hall–Kier alpha value is -0.780. The van der Waals surface area contributed by atoms with Crippen molar-refractivity contribution >= 4 is 0 Å². The van der Waals surface area contributed by atoms with Crippen LogP contribution in [0.2, 0.25) is 0 Å². The van der Waals surface area contributed by atoms with Gasteiger partial charge in [0.05, 0.1) is 0 Å². The van der Waals surface area contributed by atoms with Crippen LogP contribution in [0.15, 0.2) is 36.5 Å². The SMILES string of the molecule is C1=CC=CCC=C1.CC. The summed E-state index contributed by atoms with van der Waals surface area (Å²) in [5, 5.41) is 0. The average Bonchev–Trinajstić information content (AvgIpc) is 2.21. The standard InChI is InChI=1S/C7H8.C2H6/c1-2-4-6-7-5-3-1;1-2/h1-6H,7H2;1-2H3. The maximum atomic E-state index is 2.12. The van der Waals surface area contributed by atoms with Crippen LogP contribution in [0.25, 0.3) is 0 Å². The minimum absolute atomic E-state index is 1.08. The lowest BCUT2D eigenvalue weighted by Gasteiger charge is -1.69. The maximum absolute atomic E-state index is 2.12. The van der Waals surface area contributed by atoms with E-state index in [-0.39, 0.29) is 0 Å². The van der Waals surface area contributed by atoms with Crippen molar-refractivity contribution in [2.75, 3.05) is 0 Å². The van der Waals surface area contributed by atoms with Crippen LogP contribution in [0, 0.1) is 0 Å². The van der Waals surface area contributed by atoms with Crippen molar-refractivity contribution in [3.05, 3.63) is 36.5 Å². The lowest BCUT2D eigenvalue weighted by atomic mass is 10.4. The molecule has 0 radical (unpaired) electrons. The van der Waals surface area contributed by atoms with Gasteiger partial charge in [0.1, 0.15) is 0 Å². The second-order valence-electron chi connectivity index (χ2n) is 1.48. The van der Waals surface area contributed by atoms with Crippen molar-refractivity contribution in [3.63, 3.8) is 0 Å². The Labute approximate surface area is 57.6 Å². The molecule has 0 bridgehead atoms. The number of allylic oxidation sites excluding steroid dienone is 6. The summed E-state index contributed by atoms with van der Waals surface area (Å²) in [6.45, 7) is 4.00. The molecule has 1 aliphatic carbocycles. The van der Waals surface area contributed by atoms with Gasteiger partial charge in [-0.3, -0.25) is 0 Å². The molecule has 0 spiro atoms. The van der Waals surface area contributed by atoms with E-state index in [1.165, 1.54) is 0 Å². The smallest absolute Gasteiger partial charge is 0.0163 e. The van der Waals surface area contributed by atoms with Gasteiger partial charge in [-0.25, -0.2) is 0 Å². The van der Waals surface area contributed by atoms with Crippen LogP contribution in [0.4, 0.5) is 0 Å². The summed E-state index contributed by atoms with van der Waals surface area (Å²) in [5.74, 6) is 0. The summed E-state index contributed by atoms with van der Waals surface area (Å²) in [5.41, 5.74) is 0. The molecule has 0 saturated carbocycles. The third-order valence-electron chi connectivity index (χ3n) is 0.878. The van der Waals surface area contributed by atoms with Gasteiger partial charge in [-0.05, 0) is 6.42 Å². The summed E-state index contributed by atoms with van der Waals surface area (Å²) >= 11 is 0. The van der Waals surface area contributed by atoms with E-state index >= 15 is 0 Å². The summed E-state index contributed by atoms with van der Waals surface area (Å²) in [6.07, 6.45) is 13.5. The van der Waals surface area contributed by atoms with E-state index in [0.29, 0.717) is 0 Å². The zero-order valence-corrected chi connectivity index (χ0v) is 6.17. The first-order valence-corrected chi connectivity index (χ1v) is 3.48. The van der Waals surface area contributed by atoms with Gasteiger partial charge in [0, 0.05) is 0 Å². The molecule has 0 unspecified atom stereocenters. The molecule has 0 aromatic carbocycles. The fourth-order valence-corrected chi connectivity index (χ4v) is 0.521. The zero-order chi connectivity index (χ0) is 6.95. The van der Waals surface area contributed by atoms with E-state index in [9.17, 15) is 0 Å². The summed E-state index contributed by atoms with van der Waals surface area (Å²) in [6, 6.07) is 0. The molecule has 0 aromatic rings. The Bertz CT molecular complexity index is 102. The van der Waals surface area contributed by atoms with Gasteiger partial charge >= 0.3 is 0 Å². The Morgan fingerprint density at radius 2 is 1.22 bits per heavy atom. The molecule has 0 heterocycles. The van der Waals surface area contributed by atoms with Crippen LogP contribution in [0.5, 0.6) is 0 Å². The quantitative estimate of drug-likeness (QED) is 0.463. The van der Waals surface area contributed by atoms with E-state index < -0.39 is 0 Å². The van der Waals surface area contributed by atoms with Gasteiger partial charge in [0.15, 0.2) is 0 Å². The van der Waals surface area contributed by atoms with E-state index in [0.717, 1.165) is 6.42 Å². The summed E-state index contributed by atoms with van der Waals surface area (Å²) < 4.78 is 0. The van der Waals surface area contributed by atoms with Gasteiger partial charge in [-0.2, -0.15) is 0 Å². The molecule has 0 fully saturated rings. The normalized spacial score (nSPS) is 14.0. The first kappa shape index (κ1) is 8.22. The maximum Gasteiger partial charge on any atom is -0.0163 e. The third-order valence-corrected chi connectivity index (χ3v) is 0.878. The molecule has 0 aliphatic heterocycles. The third kappa shape index (κ3) is 5.09. The van der Waals surface area contributed by atoms with E-state index in [4.69, 9.17) is 0 Å².